The summed E-state index contributed by atoms with van der Waals surface area (Å²) in [7, 11) is 0. The number of piperazine rings is 1. The summed E-state index contributed by atoms with van der Waals surface area (Å²) in [5.41, 5.74) is 9.27. The van der Waals surface area contributed by atoms with Gasteiger partial charge in [-0.05, 0) is 17.1 Å². The van der Waals surface area contributed by atoms with Gasteiger partial charge in [-0.3, -0.25) is 10.3 Å². The number of hydrogen-bond donors (Lipinski definition) is 4. The number of hydrazine groups is 1. The summed E-state index contributed by atoms with van der Waals surface area (Å²) in [4.78, 5) is 7.90. The van der Waals surface area contributed by atoms with E-state index < -0.39 is 11.6 Å². The average Bonchev–Trinajstić information content (AvgIpc) is 3.15. The Labute approximate surface area is 171 Å². The van der Waals surface area contributed by atoms with Gasteiger partial charge in [-0.25, -0.2) is 19.3 Å². The number of anilines is 2. The third kappa shape index (κ3) is 4.70. The third-order valence-corrected chi connectivity index (χ3v) is 4.86. The molecule has 0 aliphatic carbocycles. The Morgan fingerprint density at radius 1 is 1.27 bits per heavy atom. The Bertz CT molecular complexity index is 985. The van der Waals surface area contributed by atoms with Crippen LogP contribution in [0.5, 0.6) is 0 Å². The summed E-state index contributed by atoms with van der Waals surface area (Å²) in [6.07, 6.45) is 1.49. The quantitative estimate of drug-likeness (QED) is 0.196. The van der Waals surface area contributed by atoms with E-state index in [0.717, 1.165) is 6.07 Å². The number of nitrogens with zero attached hydrogens (tertiary/aromatic N) is 6. The molecule has 1 aliphatic heterocycles. The summed E-state index contributed by atoms with van der Waals surface area (Å²) in [6, 6.07) is 5.32. The van der Waals surface area contributed by atoms with Crippen LogP contribution in [0.15, 0.2) is 29.4 Å². The molecule has 158 valence electrons. The van der Waals surface area contributed by atoms with Crippen LogP contribution in [-0.2, 0) is 6.54 Å². The third-order valence-electron chi connectivity index (χ3n) is 4.86. The van der Waals surface area contributed by atoms with Crippen molar-refractivity contribution < 1.29 is 14.2 Å². The molecule has 0 bridgehead atoms. The monoisotopic (exact) mass is 417 g/mol. The minimum atomic E-state index is -0.586. The Hall–Kier alpha value is -3.56. The fourth-order valence-electron chi connectivity index (χ4n) is 3.30. The molecule has 1 saturated heterocycles. The molecule has 0 atom stereocenters. The highest BCUT2D eigenvalue weighted by Gasteiger charge is 2.21. The second-order valence-electron chi connectivity index (χ2n) is 6.69. The number of rotatable bonds is 6. The van der Waals surface area contributed by atoms with Gasteiger partial charge in [0.2, 0.25) is 0 Å². The molecule has 0 amide bonds. The van der Waals surface area contributed by atoms with Crippen LogP contribution in [0.1, 0.15) is 5.56 Å². The van der Waals surface area contributed by atoms with Gasteiger partial charge in [0.05, 0.1) is 18.4 Å². The van der Waals surface area contributed by atoms with Crippen molar-refractivity contribution in [3.05, 3.63) is 41.6 Å². The molecule has 2 aromatic rings. The fourth-order valence-corrected chi connectivity index (χ4v) is 3.30. The molecule has 1 aromatic carbocycles. The molecule has 12 heteroatoms. The number of nitrogens with one attached hydrogen (secondary N) is 1. The zero-order valence-electron chi connectivity index (χ0n) is 16.2. The maximum Gasteiger partial charge on any atom is 0.396 e. The maximum atomic E-state index is 14.0. The molecule has 0 radical (unpaired) electrons. The number of nitriles is 1. The fraction of sp³-hybridized carbons (Fsp3) is 0.333. The predicted octanol–water partition coefficient (Wildman–Crippen LogP) is -1.34. The van der Waals surface area contributed by atoms with Gasteiger partial charge in [0.1, 0.15) is 17.2 Å². The van der Waals surface area contributed by atoms with Crippen LogP contribution in [0.3, 0.4) is 0 Å². The molecule has 1 aliphatic rings. The summed E-state index contributed by atoms with van der Waals surface area (Å²) in [5, 5.41) is 18.4. The molecule has 10 nitrogen and oxygen atoms in total. The number of nitrogen functional groups attached to an aromatic ring is 1. The molecule has 2 heterocycles. The van der Waals surface area contributed by atoms with Crippen molar-refractivity contribution in [2.24, 2.45) is 16.6 Å². The summed E-state index contributed by atoms with van der Waals surface area (Å²) >= 11 is 0. The first-order valence-electron chi connectivity index (χ1n) is 9.24. The first-order chi connectivity index (χ1) is 14.4. The van der Waals surface area contributed by atoms with Crippen LogP contribution in [0.2, 0.25) is 0 Å². The van der Waals surface area contributed by atoms with Crippen LogP contribution in [0.25, 0.3) is 0 Å². The molecule has 1 aromatic heterocycles. The van der Waals surface area contributed by atoms with Crippen molar-refractivity contribution in [2.75, 3.05) is 43.0 Å². The number of amidine groups is 2. The smallest absolute Gasteiger partial charge is 0.367 e. The minimum absolute atomic E-state index is 0.0307. The molecule has 0 saturated carbocycles. The highest BCUT2D eigenvalue weighted by molar-refractivity contribution is 6.09. The average molecular weight is 417 g/mol. The molecule has 30 heavy (non-hydrogen) atoms. The minimum Gasteiger partial charge on any atom is -0.367 e. The molecule has 3 rings (SSSR count). The number of benzene rings is 1. The first-order valence-corrected chi connectivity index (χ1v) is 9.24. The van der Waals surface area contributed by atoms with E-state index in [1.165, 1.54) is 18.3 Å². The van der Waals surface area contributed by atoms with E-state index in [4.69, 9.17) is 22.2 Å². The topological polar surface area (TPSA) is 150 Å². The lowest BCUT2D eigenvalue weighted by Gasteiger charge is -2.36. The van der Waals surface area contributed by atoms with E-state index in [0.29, 0.717) is 56.3 Å². The highest BCUT2D eigenvalue weighted by Crippen LogP contribution is 2.21. The van der Waals surface area contributed by atoms with Crippen molar-refractivity contribution in [1.82, 2.24) is 14.7 Å². The van der Waals surface area contributed by atoms with Gasteiger partial charge in [0, 0.05) is 38.8 Å². The number of halogens is 2. The Kier molecular flexibility index (Phi) is 6.55. The SMILES string of the molecule is N#CC(=[NH2+])N=C(N)c1cnn(CCN2CCN(c3ccc(F)cc3F)CC2)c1NN. The van der Waals surface area contributed by atoms with E-state index in [2.05, 4.69) is 20.4 Å². The predicted molar refractivity (Wildman–Crippen MR) is 108 cm³/mol. The van der Waals surface area contributed by atoms with Crippen LogP contribution in [0, 0.1) is 23.0 Å². The summed E-state index contributed by atoms with van der Waals surface area (Å²) in [6.45, 7) is 3.88. The molecule has 7 N–H and O–H groups in total. The zero-order chi connectivity index (χ0) is 21.7. The van der Waals surface area contributed by atoms with Gasteiger partial charge in [0.25, 0.3) is 5.84 Å². The van der Waals surface area contributed by atoms with Crippen molar-refractivity contribution in [1.29, 1.82) is 5.26 Å². The largest absolute Gasteiger partial charge is 0.396 e. The number of nitrogens with two attached hydrogens (primary N) is 3. The van der Waals surface area contributed by atoms with Gasteiger partial charge >= 0.3 is 5.84 Å². The van der Waals surface area contributed by atoms with E-state index in [9.17, 15) is 8.78 Å². The van der Waals surface area contributed by atoms with E-state index in [1.807, 2.05) is 4.90 Å². The number of hydrogen-bond acceptors (Lipinski definition) is 6. The van der Waals surface area contributed by atoms with Crippen molar-refractivity contribution in [3.8, 4) is 6.07 Å². The van der Waals surface area contributed by atoms with Gasteiger partial charge < -0.3 is 16.1 Å². The maximum absolute atomic E-state index is 14.0. The van der Waals surface area contributed by atoms with E-state index in [1.54, 1.807) is 10.8 Å². The first kappa shape index (κ1) is 21.2. The molecule has 1 fully saturated rings. The summed E-state index contributed by atoms with van der Waals surface area (Å²) < 4.78 is 28.7. The standard InChI is InChI=1S/C18H22F2N10/c19-12-1-2-15(14(20)9-12)29-6-3-28(4-7-29)5-8-30-18(27-24)13(11-25-30)17(23)26-16(22)10-21/h1-2,9,11,27H,3-8,24H2,(H3,22,23,26)/p+1. The van der Waals surface area contributed by atoms with Gasteiger partial charge in [-0.15, -0.1) is 0 Å². The van der Waals surface area contributed by atoms with Crippen LogP contribution < -0.4 is 27.3 Å². The lowest BCUT2D eigenvalue weighted by atomic mass is 10.2. The highest BCUT2D eigenvalue weighted by atomic mass is 19.1. The molecular weight excluding hydrogens is 394 g/mol. The van der Waals surface area contributed by atoms with Crippen LogP contribution in [-0.4, -0.2) is 59.1 Å². The van der Waals surface area contributed by atoms with E-state index in [-0.39, 0.29) is 11.7 Å². The number of aliphatic imine (C=N–C) groups is 1. The van der Waals surface area contributed by atoms with Crippen LogP contribution >= 0.6 is 0 Å². The Morgan fingerprint density at radius 3 is 2.63 bits per heavy atom. The molecule has 0 spiro atoms. The van der Waals surface area contributed by atoms with Gasteiger partial charge in [-0.2, -0.15) is 10.4 Å². The second-order valence-corrected chi connectivity index (χ2v) is 6.69. The van der Waals surface area contributed by atoms with Crippen molar-refractivity contribution in [2.45, 2.75) is 6.54 Å². The van der Waals surface area contributed by atoms with Crippen molar-refractivity contribution >= 4 is 23.2 Å². The van der Waals surface area contributed by atoms with Crippen LogP contribution in [0.4, 0.5) is 20.3 Å². The van der Waals surface area contributed by atoms with Crippen molar-refractivity contribution in [3.63, 3.8) is 0 Å². The molecule has 0 unspecified atom stereocenters. The van der Waals surface area contributed by atoms with Gasteiger partial charge in [-0.1, -0.05) is 0 Å². The normalized spacial score (nSPS) is 15.1. The second kappa shape index (κ2) is 9.29. The van der Waals surface area contributed by atoms with Gasteiger partial charge in [0.15, 0.2) is 11.9 Å². The Morgan fingerprint density at radius 2 is 2.00 bits per heavy atom. The van der Waals surface area contributed by atoms with E-state index >= 15 is 0 Å². The lowest BCUT2D eigenvalue weighted by molar-refractivity contribution is -0.112. The summed E-state index contributed by atoms with van der Waals surface area (Å²) in [5.74, 6) is 4.68. The Balaban J connectivity index is 1.59. The lowest BCUT2D eigenvalue weighted by Crippen LogP contribution is -2.47. The molecular formula is C18H23F2N10+. The zero-order valence-corrected chi connectivity index (χ0v) is 16.2. The number of aromatic nitrogens is 2.